The molecule has 0 saturated carbocycles. The lowest BCUT2D eigenvalue weighted by atomic mass is 9.86. The maximum Gasteiger partial charge on any atom is 0.185 e. The SMILES string of the molecule is CCC(C)(C(=O)c1cc(F)ccc1F)N1CCOCC1. The maximum absolute atomic E-state index is 13.8. The third-order valence-corrected chi connectivity index (χ3v) is 4.06. The quantitative estimate of drug-likeness (QED) is 0.796. The number of carbonyl (C=O) groups is 1. The average Bonchev–Trinajstić information content (AvgIpc) is 2.49. The van der Waals surface area contributed by atoms with Gasteiger partial charge in [-0.1, -0.05) is 6.92 Å². The first kappa shape index (κ1) is 15.1. The Balaban J connectivity index is 2.34. The number of halogens is 2. The van der Waals surface area contributed by atoms with Crippen molar-refractivity contribution in [3.05, 3.63) is 35.4 Å². The number of nitrogens with zero attached hydrogens (tertiary/aromatic N) is 1. The zero-order chi connectivity index (χ0) is 14.8. The third-order valence-electron chi connectivity index (χ3n) is 4.06. The van der Waals surface area contributed by atoms with Crippen molar-refractivity contribution < 1.29 is 18.3 Å². The van der Waals surface area contributed by atoms with Gasteiger partial charge in [0.15, 0.2) is 5.78 Å². The topological polar surface area (TPSA) is 29.5 Å². The largest absolute Gasteiger partial charge is 0.379 e. The highest BCUT2D eigenvalue weighted by atomic mass is 19.1. The lowest BCUT2D eigenvalue weighted by Gasteiger charge is -2.41. The van der Waals surface area contributed by atoms with Gasteiger partial charge in [0.2, 0.25) is 0 Å². The average molecular weight is 283 g/mol. The zero-order valence-electron chi connectivity index (χ0n) is 11.8. The van der Waals surface area contributed by atoms with Crippen LogP contribution in [0, 0.1) is 11.6 Å². The zero-order valence-corrected chi connectivity index (χ0v) is 11.8. The predicted octanol–water partition coefficient (Wildman–Crippen LogP) is 2.65. The summed E-state index contributed by atoms with van der Waals surface area (Å²) in [4.78, 5) is 14.7. The number of rotatable bonds is 4. The van der Waals surface area contributed by atoms with Crippen LogP contribution in [0.2, 0.25) is 0 Å². The number of Topliss-reactive ketones (excluding diaryl/α,β-unsaturated/α-hetero) is 1. The van der Waals surface area contributed by atoms with E-state index < -0.39 is 17.2 Å². The van der Waals surface area contributed by atoms with E-state index in [-0.39, 0.29) is 11.3 Å². The van der Waals surface area contributed by atoms with Crippen LogP contribution in [0.5, 0.6) is 0 Å². The molecule has 110 valence electrons. The van der Waals surface area contributed by atoms with E-state index in [0.717, 1.165) is 18.2 Å². The first-order valence-corrected chi connectivity index (χ1v) is 6.81. The van der Waals surface area contributed by atoms with Crippen molar-refractivity contribution in [2.45, 2.75) is 25.8 Å². The fraction of sp³-hybridized carbons (Fsp3) is 0.533. The molecule has 2 rings (SSSR count). The Morgan fingerprint density at radius 2 is 2.00 bits per heavy atom. The number of hydrogen-bond acceptors (Lipinski definition) is 3. The Bertz CT molecular complexity index is 501. The Kier molecular flexibility index (Phi) is 4.50. The van der Waals surface area contributed by atoms with Crippen LogP contribution in [-0.4, -0.2) is 42.5 Å². The summed E-state index contributed by atoms with van der Waals surface area (Å²) in [6.45, 7) is 6.00. The van der Waals surface area contributed by atoms with E-state index in [1.165, 1.54) is 0 Å². The van der Waals surface area contributed by atoms with Crippen molar-refractivity contribution in [1.82, 2.24) is 4.90 Å². The van der Waals surface area contributed by atoms with Gasteiger partial charge in [-0.15, -0.1) is 0 Å². The number of morpholine rings is 1. The highest BCUT2D eigenvalue weighted by Gasteiger charge is 2.39. The van der Waals surface area contributed by atoms with Gasteiger partial charge in [-0.05, 0) is 31.5 Å². The number of hydrogen-bond donors (Lipinski definition) is 0. The Labute approximate surface area is 117 Å². The molecule has 0 aromatic heterocycles. The minimum atomic E-state index is -0.835. The van der Waals surface area contributed by atoms with Crippen molar-refractivity contribution in [3.8, 4) is 0 Å². The summed E-state index contributed by atoms with van der Waals surface area (Å²) in [5, 5.41) is 0. The minimum absolute atomic E-state index is 0.180. The van der Waals surface area contributed by atoms with Crippen molar-refractivity contribution >= 4 is 5.78 Å². The minimum Gasteiger partial charge on any atom is -0.379 e. The standard InChI is InChI=1S/C15H19F2NO2/c1-3-15(2,18-6-8-20-9-7-18)14(19)12-10-11(16)4-5-13(12)17/h4-5,10H,3,6-9H2,1-2H3. The molecule has 1 heterocycles. The highest BCUT2D eigenvalue weighted by molar-refractivity contribution is 6.03. The van der Waals surface area contributed by atoms with Gasteiger partial charge >= 0.3 is 0 Å². The second-order valence-corrected chi connectivity index (χ2v) is 5.18. The summed E-state index contributed by atoms with van der Waals surface area (Å²) < 4.78 is 32.4. The normalized spacial score (nSPS) is 19.6. The molecule has 0 N–H and O–H groups in total. The molecule has 0 aliphatic carbocycles. The first-order chi connectivity index (χ1) is 9.49. The van der Waals surface area contributed by atoms with Crippen molar-refractivity contribution in [3.63, 3.8) is 0 Å². The van der Waals surface area contributed by atoms with E-state index in [0.29, 0.717) is 32.7 Å². The summed E-state index contributed by atoms with van der Waals surface area (Å²) in [5.41, 5.74) is -1.01. The Hall–Kier alpha value is -1.33. The maximum atomic E-state index is 13.8. The molecule has 1 aliphatic rings. The Morgan fingerprint density at radius 3 is 2.60 bits per heavy atom. The molecule has 1 aromatic carbocycles. The van der Waals surface area contributed by atoms with Gasteiger partial charge in [-0.2, -0.15) is 0 Å². The third kappa shape index (κ3) is 2.74. The van der Waals surface area contributed by atoms with Crippen LogP contribution in [0.4, 0.5) is 8.78 Å². The molecule has 0 amide bonds. The molecule has 0 spiro atoms. The van der Waals surface area contributed by atoms with E-state index in [1.54, 1.807) is 6.92 Å². The molecule has 1 atom stereocenters. The molecule has 1 unspecified atom stereocenters. The molecule has 3 nitrogen and oxygen atoms in total. The van der Waals surface area contributed by atoms with Gasteiger partial charge in [0.05, 0.1) is 24.3 Å². The van der Waals surface area contributed by atoms with Gasteiger partial charge in [0.25, 0.3) is 0 Å². The van der Waals surface area contributed by atoms with E-state index in [4.69, 9.17) is 4.74 Å². The molecular weight excluding hydrogens is 264 g/mol. The summed E-state index contributed by atoms with van der Waals surface area (Å²) in [6.07, 6.45) is 0.530. The lowest BCUT2D eigenvalue weighted by Crippen LogP contribution is -2.56. The van der Waals surface area contributed by atoms with Crippen LogP contribution in [0.3, 0.4) is 0 Å². The van der Waals surface area contributed by atoms with Crippen LogP contribution < -0.4 is 0 Å². The monoisotopic (exact) mass is 283 g/mol. The molecular formula is C15H19F2NO2. The first-order valence-electron chi connectivity index (χ1n) is 6.81. The Morgan fingerprint density at radius 1 is 1.35 bits per heavy atom. The number of carbonyl (C=O) groups excluding carboxylic acids is 1. The van der Waals surface area contributed by atoms with Crippen LogP contribution in [0.15, 0.2) is 18.2 Å². The molecule has 0 bridgehead atoms. The molecule has 1 fully saturated rings. The van der Waals surface area contributed by atoms with E-state index in [1.807, 2.05) is 11.8 Å². The molecule has 1 aliphatic heterocycles. The van der Waals surface area contributed by atoms with Crippen LogP contribution >= 0.6 is 0 Å². The van der Waals surface area contributed by atoms with Crippen LogP contribution in [0.1, 0.15) is 30.6 Å². The van der Waals surface area contributed by atoms with Gasteiger partial charge in [0.1, 0.15) is 11.6 Å². The van der Waals surface area contributed by atoms with Gasteiger partial charge < -0.3 is 4.74 Å². The molecule has 1 saturated heterocycles. The molecule has 0 radical (unpaired) electrons. The predicted molar refractivity (Wildman–Crippen MR) is 71.8 cm³/mol. The lowest BCUT2D eigenvalue weighted by molar-refractivity contribution is -0.0107. The highest BCUT2D eigenvalue weighted by Crippen LogP contribution is 2.27. The summed E-state index contributed by atoms with van der Waals surface area (Å²) >= 11 is 0. The van der Waals surface area contributed by atoms with Gasteiger partial charge in [-0.25, -0.2) is 8.78 Å². The summed E-state index contributed by atoms with van der Waals surface area (Å²) in [7, 11) is 0. The molecule has 1 aromatic rings. The fourth-order valence-electron chi connectivity index (χ4n) is 2.55. The summed E-state index contributed by atoms with van der Waals surface area (Å²) in [6, 6.07) is 2.99. The van der Waals surface area contributed by atoms with Crippen LogP contribution in [0.25, 0.3) is 0 Å². The van der Waals surface area contributed by atoms with Crippen LogP contribution in [-0.2, 0) is 4.74 Å². The second kappa shape index (κ2) is 5.97. The number of benzene rings is 1. The van der Waals surface area contributed by atoms with E-state index in [2.05, 4.69) is 0 Å². The van der Waals surface area contributed by atoms with Gasteiger partial charge in [-0.3, -0.25) is 9.69 Å². The summed E-state index contributed by atoms with van der Waals surface area (Å²) in [5.74, 6) is -1.65. The van der Waals surface area contributed by atoms with Crippen molar-refractivity contribution in [2.75, 3.05) is 26.3 Å². The second-order valence-electron chi connectivity index (χ2n) is 5.18. The van der Waals surface area contributed by atoms with Crippen molar-refractivity contribution in [1.29, 1.82) is 0 Å². The van der Waals surface area contributed by atoms with E-state index >= 15 is 0 Å². The molecule has 5 heteroatoms. The van der Waals surface area contributed by atoms with Crippen molar-refractivity contribution in [2.24, 2.45) is 0 Å². The number of ether oxygens (including phenoxy) is 1. The van der Waals surface area contributed by atoms with Gasteiger partial charge in [0, 0.05) is 13.1 Å². The fourth-order valence-corrected chi connectivity index (χ4v) is 2.55. The smallest absolute Gasteiger partial charge is 0.185 e. The van der Waals surface area contributed by atoms with E-state index in [9.17, 15) is 13.6 Å². The molecule has 20 heavy (non-hydrogen) atoms. The number of ketones is 1.